The van der Waals surface area contributed by atoms with Gasteiger partial charge >= 0.3 is 0 Å². The number of fused-ring (bicyclic) bond motifs is 1. The first-order valence-electron chi connectivity index (χ1n) is 9.15. The fraction of sp³-hybridized carbons (Fsp3) is 0.381. The molecular formula is C21H23ClN2O2. The molecule has 1 amide bonds. The van der Waals surface area contributed by atoms with Crippen LogP contribution in [0.3, 0.4) is 0 Å². The molecule has 0 N–H and O–H groups in total. The largest absolute Gasteiger partial charge is 0.492 e. The molecule has 4 nitrogen and oxygen atoms in total. The number of hydrogen-bond acceptors (Lipinski definition) is 3. The first-order valence-corrected chi connectivity index (χ1v) is 9.53. The summed E-state index contributed by atoms with van der Waals surface area (Å²) in [6, 6.07) is 16.1. The Morgan fingerprint density at radius 1 is 1.08 bits per heavy atom. The molecule has 0 spiro atoms. The standard InChI is InChI=1S/C21H23ClN2O2/c22-19-6-7-20-17(13-19)12-18(15-26-20)21(25)24-10-8-23(9-11-24)14-16-4-2-1-3-5-16/h1-7,13,18H,8-12,14-15H2/t18-/m0/s1. The van der Waals surface area contributed by atoms with Gasteiger partial charge in [-0.3, -0.25) is 9.69 Å². The molecule has 0 bridgehead atoms. The van der Waals surface area contributed by atoms with Gasteiger partial charge in [0, 0.05) is 37.7 Å². The van der Waals surface area contributed by atoms with Crippen LogP contribution >= 0.6 is 11.6 Å². The molecule has 2 aliphatic rings. The highest BCUT2D eigenvalue weighted by Crippen LogP contribution is 2.30. The Bertz CT molecular complexity index is 773. The minimum Gasteiger partial charge on any atom is -0.492 e. The number of halogens is 1. The zero-order valence-corrected chi connectivity index (χ0v) is 15.5. The van der Waals surface area contributed by atoms with E-state index in [1.807, 2.05) is 29.2 Å². The smallest absolute Gasteiger partial charge is 0.229 e. The second-order valence-corrected chi connectivity index (χ2v) is 7.49. The van der Waals surface area contributed by atoms with Gasteiger partial charge in [-0.15, -0.1) is 0 Å². The molecule has 0 saturated carbocycles. The van der Waals surface area contributed by atoms with Gasteiger partial charge in [-0.1, -0.05) is 41.9 Å². The number of amides is 1. The summed E-state index contributed by atoms with van der Waals surface area (Å²) in [5, 5.41) is 0.690. The van der Waals surface area contributed by atoms with Gasteiger partial charge in [-0.05, 0) is 35.7 Å². The summed E-state index contributed by atoms with van der Waals surface area (Å²) in [6.07, 6.45) is 0.707. The summed E-state index contributed by atoms with van der Waals surface area (Å²) < 4.78 is 5.79. The fourth-order valence-electron chi connectivity index (χ4n) is 3.75. The molecule has 26 heavy (non-hydrogen) atoms. The number of carbonyl (C=O) groups excluding carboxylic acids is 1. The van der Waals surface area contributed by atoms with Crippen molar-refractivity contribution in [2.24, 2.45) is 5.92 Å². The fourth-order valence-corrected chi connectivity index (χ4v) is 3.94. The quantitative estimate of drug-likeness (QED) is 0.831. The zero-order valence-electron chi connectivity index (χ0n) is 14.7. The molecule has 1 fully saturated rings. The molecule has 2 heterocycles. The van der Waals surface area contributed by atoms with E-state index in [0.29, 0.717) is 18.1 Å². The number of benzene rings is 2. The van der Waals surface area contributed by atoms with E-state index in [1.165, 1.54) is 5.56 Å². The van der Waals surface area contributed by atoms with Crippen molar-refractivity contribution in [1.29, 1.82) is 0 Å². The van der Waals surface area contributed by atoms with E-state index in [-0.39, 0.29) is 11.8 Å². The van der Waals surface area contributed by atoms with Crippen LogP contribution in [0.4, 0.5) is 0 Å². The second-order valence-electron chi connectivity index (χ2n) is 7.05. The number of piperazine rings is 1. The van der Waals surface area contributed by atoms with Gasteiger partial charge < -0.3 is 9.64 Å². The summed E-state index contributed by atoms with van der Waals surface area (Å²) in [7, 11) is 0. The minimum atomic E-state index is -0.110. The predicted molar refractivity (Wildman–Crippen MR) is 102 cm³/mol. The van der Waals surface area contributed by atoms with Crippen LogP contribution in [0.5, 0.6) is 5.75 Å². The molecule has 2 aliphatic heterocycles. The molecule has 2 aromatic carbocycles. The van der Waals surface area contributed by atoms with Crippen LogP contribution < -0.4 is 4.74 Å². The molecule has 0 radical (unpaired) electrons. The van der Waals surface area contributed by atoms with Crippen LogP contribution in [0, 0.1) is 5.92 Å². The van der Waals surface area contributed by atoms with Crippen LogP contribution in [0.2, 0.25) is 5.02 Å². The Balaban J connectivity index is 1.32. The maximum absolute atomic E-state index is 12.9. The molecule has 4 rings (SSSR count). The summed E-state index contributed by atoms with van der Waals surface area (Å²) in [5.41, 5.74) is 2.35. The van der Waals surface area contributed by atoms with E-state index < -0.39 is 0 Å². The topological polar surface area (TPSA) is 32.8 Å². The van der Waals surface area contributed by atoms with Gasteiger partial charge in [-0.25, -0.2) is 0 Å². The molecule has 1 atom stereocenters. The third-order valence-corrected chi connectivity index (χ3v) is 5.45. The lowest BCUT2D eigenvalue weighted by atomic mass is 9.95. The summed E-state index contributed by atoms with van der Waals surface area (Å²) in [4.78, 5) is 17.3. The first-order chi connectivity index (χ1) is 12.7. The number of rotatable bonds is 3. The van der Waals surface area contributed by atoms with E-state index in [2.05, 4.69) is 29.2 Å². The maximum atomic E-state index is 12.9. The Labute approximate surface area is 159 Å². The van der Waals surface area contributed by atoms with Gasteiger partial charge in [-0.2, -0.15) is 0 Å². The van der Waals surface area contributed by atoms with Crippen LogP contribution in [-0.4, -0.2) is 48.5 Å². The van der Waals surface area contributed by atoms with Crippen molar-refractivity contribution in [1.82, 2.24) is 9.80 Å². The summed E-state index contributed by atoms with van der Waals surface area (Å²) in [6.45, 7) is 4.79. The number of nitrogens with zero attached hydrogens (tertiary/aromatic N) is 2. The summed E-state index contributed by atoms with van der Waals surface area (Å²) >= 11 is 6.08. The highest BCUT2D eigenvalue weighted by molar-refractivity contribution is 6.30. The highest BCUT2D eigenvalue weighted by atomic mass is 35.5. The van der Waals surface area contributed by atoms with E-state index in [1.54, 1.807) is 0 Å². The third kappa shape index (κ3) is 3.87. The maximum Gasteiger partial charge on any atom is 0.229 e. The third-order valence-electron chi connectivity index (χ3n) is 5.21. The van der Waals surface area contributed by atoms with Crippen molar-refractivity contribution in [2.45, 2.75) is 13.0 Å². The van der Waals surface area contributed by atoms with Gasteiger partial charge in [0.25, 0.3) is 0 Å². The van der Waals surface area contributed by atoms with Crippen LogP contribution in [-0.2, 0) is 17.8 Å². The first kappa shape index (κ1) is 17.4. The summed E-state index contributed by atoms with van der Waals surface area (Å²) in [5.74, 6) is 0.947. The Kier molecular flexibility index (Phi) is 5.14. The van der Waals surface area contributed by atoms with E-state index in [9.17, 15) is 4.79 Å². The normalized spacial score (nSPS) is 20.3. The monoisotopic (exact) mass is 370 g/mol. The van der Waals surface area contributed by atoms with Crippen LogP contribution in [0.1, 0.15) is 11.1 Å². The predicted octanol–water partition coefficient (Wildman–Crippen LogP) is 3.24. The molecule has 2 aromatic rings. The molecular weight excluding hydrogens is 348 g/mol. The lowest BCUT2D eigenvalue weighted by Crippen LogP contribution is -2.51. The van der Waals surface area contributed by atoms with Gasteiger partial charge in [0.1, 0.15) is 12.4 Å². The minimum absolute atomic E-state index is 0.110. The number of ether oxygens (including phenoxy) is 1. The van der Waals surface area contributed by atoms with Crippen molar-refractivity contribution >= 4 is 17.5 Å². The van der Waals surface area contributed by atoms with Crippen molar-refractivity contribution in [3.63, 3.8) is 0 Å². The van der Waals surface area contributed by atoms with Gasteiger partial charge in [0.15, 0.2) is 0 Å². The van der Waals surface area contributed by atoms with Crippen LogP contribution in [0.15, 0.2) is 48.5 Å². The van der Waals surface area contributed by atoms with Crippen molar-refractivity contribution in [3.05, 3.63) is 64.7 Å². The molecule has 136 valence electrons. The van der Waals surface area contributed by atoms with Crippen LogP contribution in [0.25, 0.3) is 0 Å². The average molecular weight is 371 g/mol. The highest BCUT2D eigenvalue weighted by Gasteiger charge is 2.31. The van der Waals surface area contributed by atoms with Gasteiger partial charge in [0.05, 0.1) is 5.92 Å². The van der Waals surface area contributed by atoms with Crippen molar-refractivity contribution in [3.8, 4) is 5.75 Å². The second kappa shape index (κ2) is 7.68. The van der Waals surface area contributed by atoms with E-state index >= 15 is 0 Å². The van der Waals surface area contributed by atoms with Crippen molar-refractivity contribution in [2.75, 3.05) is 32.8 Å². The van der Waals surface area contributed by atoms with E-state index in [0.717, 1.165) is 44.0 Å². The lowest BCUT2D eigenvalue weighted by molar-refractivity contribution is -0.138. The number of carbonyl (C=O) groups is 1. The molecule has 0 aromatic heterocycles. The molecule has 0 unspecified atom stereocenters. The van der Waals surface area contributed by atoms with Crippen molar-refractivity contribution < 1.29 is 9.53 Å². The molecule has 1 saturated heterocycles. The Morgan fingerprint density at radius 2 is 1.85 bits per heavy atom. The molecule has 5 heteroatoms. The average Bonchev–Trinajstić information content (AvgIpc) is 2.68. The van der Waals surface area contributed by atoms with E-state index in [4.69, 9.17) is 16.3 Å². The Hall–Kier alpha value is -2.04. The van der Waals surface area contributed by atoms with Gasteiger partial charge in [0.2, 0.25) is 5.91 Å². The SMILES string of the molecule is O=C([C@@H]1COc2ccc(Cl)cc2C1)N1CCN(Cc2ccccc2)CC1. The molecule has 0 aliphatic carbocycles. The number of hydrogen-bond donors (Lipinski definition) is 0. The lowest BCUT2D eigenvalue weighted by Gasteiger charge is -2.37. The Morgan fingerprint density at radius 3 is 2.62 bits per heavy atom. The zero-order chi connectivity index (χ0) is 17.9.